The maximum absolute atomic E-state index is 13.0. The minimum atomic E-state index is -3.81. The van der Waals surface area contributed by atoms with Crippen LogP contribution in [0.4, 0.5) is 5.69 Å². The molecule has 6 nitrogen and oxygen atoms in total. The third kappa shape index (κ3) is 4.65. The maximum atomic E-state index is 13.0. The second kappa shape index (κ2) is 8.65. The Kier molecular flexibility index (Phi) is 6.72. The van der Waals surface area contributed by atoms with Crippen LogP contribution in [0.3, 0.4) is 0 Å². The molecule has 0 bridgehead atoms. The number of carbonyl (C=O) groups excluding carboxylic acids is 1. The second-order valence-corrected chi connectivity index (χ2v) is 8.52. The van der Waals surface area contributed by atoms with E-state index in [0.717, 1.165) is 5.56 Å². The van der Waals surface area contributed by atoms with Crippen molar-refractivity contribution >= 4 is 21.7 Å². The molecule has 0 atom stereocenters. The van der Waals surface area contributed by atoms with Crippen molar-refractivity contribution in [2.24, 2.45) is 0 Å². The molecule has 0 fully saturated rings. The number of anilines is 1. The van der Waals surface area contributed by atoms with E-state index in [1.165, 1.54) is 0 Å². The van der Waals surface area contributed by atoms with Gasteiger partial charge in [0.05, 0.1) is 29.9 Å². The Hall–Kier alpha value is -2.54. The fourth-order valence-electron chi connectivity index (χ4n) is 2.91. The molecule has 0 aliphatic rings. The van der Waals surface area contributed by atoms with Crippen LogP contribution in [0.1, 0.15) is 53.7 Å². The molecule has 0 saturated heterocycles. The molecule has 0 unspecified atom stereocenters. The van der Waals surface area contributed by atoms with Gasteiger partial charge in [-0.3, -0.25) is 4.72 Å². The van der Waals surface area contributed by atoms with Gasteiger partial charge < -0.3 is 9.47 Å². The van der Waals surface area contributed by atoms with Gasteiger partial charge in [0.25, 0.3) is 10.0 Å². The van der Waals surface area contributed by atoms with E-state index in [1.807, 2.05) is 13.8 Å². The van der Waals surface area contributed by atoms with Crippen molar-refractivity contribution in [3.8, 4) is 5.75 Å². The maximum Gasteiger partial charge on any atom is 0.338 e. The molecular weight excluding hydrogens is 378 g/mol. The lowest BCUT2D eigenvalue weighted by atomic mass is 10.0. The molecule has 2 aromatic carbocycles. The molecule has 0 aliphatic heterocycles. The summed E-state index contributed by atoms with van der Waals surface area (Å²) in [5.41, 5.74) is 2.83. The van der Waals surface area contributed by atoms with E-state index in [4.69, 9.17) is 9.47 Å². The molecule has 0 heterocycles. The summed E-state index contributed by atoms with van der Waals surface area (Å²) in [6, 6.07) is 8.12. The van der Waals surface area contributed by atoms with Gasteiger partial charge in [-0.25, -0.2) is 13.2 Å². The first kappa shape index (κ1) is 21.8. The van der Waals surface area contributed by atoms with Gasteiger partial charge in [-0.15, -0.1) is 0 Å². The summed E-state index contributed by atoms with van der Waals surface area (Å²) in [5.74, 6) is 0.337. The quantitative estimate of drug-likeness (QED) is 0.690. The standard InChI is InChI=1S/C21H27NO5S/c1-7-27-21(23)16-8-9-18(14(4)10-16)22-28(24,25)20-12-17(13(2)3)19(26-6)11-15(20)5/h8-13,22H,7H2,1-6H3. The molecular formula is C21H27NO5S. The molecule has 28 heavy (non-hydrogen) atoms. The van der Waals surface area contributed by atoms with Gasteiger partial charge in [0.15, 0.2) is 0 Å². The summed E-state index contributed by atoms with van der Waals surface area (Å²) < 4.78 is 39.0. The summed E-state index contributed by atoms with van der Waals surface area (Å²) >= 11 is 0. The van der Waals surface area contributed by atoms with Crippen molar-refractivity contribution in [3.63, 3.8) is 0 Å². The van der Waals surface area contributed by atoms with Gasteiger partial charge in [0.1, 0.15) is 5.75 Å². The van der Waals surface area contributed by atoms with Crippen molar-refractivity contribution in [1.29, 1.82) is 0 Å². The van der Waals surface area contributed by atoms with Gasteiger partial charge in [0.2, 0.25) is 0 Å². The van der Waals surface area contributed by atoms with Crippen LogP contribution >= 0.6 is 0 Å². The molecule has 0 aliphatic carbocycles. The van der Waals surface area contributed by atoms with Gasteiger partial charge >= 0.3 is 5.97 Å². The number of aryl methyl sites for hydroxylation is 2. The van der Waals surface area contributed by atoms with E-state index >= 15 is 0 Å². The Labute approximate surface area is 166 Å². The molecule has 0 spiro atoms. The molecule has 2 aromatic rings. The van der Waals surface area contributed by atoms with Crippen molar-refractivity contribution in [2.45, 2.75) is 45.4 Å². The highest BCUT2D eigenvalue weighted by Gasteiger charge is 2.22. The van der Waals surface area contributed by atoms with E-state index in [1.54, 1.807) is 58.2 Å². The number of methoxy groups -OCH3 is 1. The first-order chi connectivity index (χ1) is 13.1. The predicted octanol–water partition coefficient (Wildman–Crippen LogP) is 4.41. The molecule has 1 N–H and O–H groups in total. The number of ether oxygens (including phenoxy) is 2. The van der Waals surface area contributed by atoms with Crippen LogP contribution in [0.2, 0.25) is 0 Å². The van der Waals surface area contributed by atoms with Crippen LogP contribution in [-0.2, 0) is 14.8 Å². The summed E-state index contributed by atoms with van der Waals surface area (Å²) in [4.78, 5) is 12.0. The lowest BCUT2D eigenvalue weighted by Crippen LogP contribution is -2.16. The Bertz CT molecular complexity index is 981. The van der Waals surface area contributed by atoms with Gasteiger partial charge in [-0.2, -0.15) is 0 Å². The number of sulfonamides is 1. The van der Waals surface area contributed by atoms with Gasteiger partial charge in [-0.1, -0.05) is 13.8 Å². The lowest BCUT2D eigenvalue weighted by Gasteiger charge is -2.17. The van der Waals surface area contributed by atoms with E-state index in [0.29, 0.717) is 28.1 Å². The average Bonchev–Trinajstić information content (AvgIpc) is 2.62. The predicted molar refractivity (Wildman–Crippen MR) is 110 cm³/mol. The fourth-order valence-corrected chi connectivity index (χ4v) is 4.31. The Balaban J connectivity index is 2.41. The van der Waals surface area contributed by atoms with Crippen LogP contribution in [-0.4, -0.2) is 28.1 Å². The third-order valence-corrected chi connectivity index (χ3v) is 5.93. The van der Waals surface area contributed by atoms with Crippen molar-refractivity contribution < 1.29 is 22.7 Å². The first-order valence-corrected chi connectivity index (χ1v) is 10.6. The van der Waals surface area contributed by atoms with E-state index in [-0.39, 0.29) is 17.4 Å². The van der Waals surface area contributed by atoms with E-state index in [2.05, 4.69) is 4.72 Å². The van der Waals surface area contributed by atoms with Crippen molar-refractivity contribution in [1.82, 2.24) is 0 Å². The zero-order chi connectivity index (χ0) is 21.1. The summed E-state index contributed by atoms with van der Waals surface area (Å²) in [7, 11) is -2.24. The lowest BCUT2D eigenvalue weighted by molar-refractivity contribution is 0.0526. The topological polar surface area (TPSA) is 81.7 Å². The smallest absolute Gasteiger partial charge is 0.338 e. The van der Waals surface area contributed by atoms with Crippen molar-refractivity contribution in [2.75, 3.05) is 18.4 Å². The highest BCUT2D eigenvalue weighted by molar-refractivity contribution is 7.92. The number of hydrogen-bond acceptors (Lipinski definition) is 5. The van der Waals surface area contributed by atoms with E-state index < -0.39 is 16.0 Å². The number of rotatable bonds is 7. The number of hydrogen-bond donors (Lipinski definition) is 1. The van der Waals surface area contributed by atoms with Crippen LogP contribution in [0, 0.1) is 13.8 Å². The molecule has 0 radical (unpaired) electrons. The summed E-state index contributed by atoms with van der Waals surface area (Å²) in [6.45, 7) is 9.44. The monoisotopic (exact) mass is 405 g/mol. The van der Waals surface area contributed by atoms with Crippen molar-refractivity contribution in [3.05, 3.63) is 52.6 Å². The van der Waals surface area contributed by atoms with Crippen LogP contribution in [0.25, 0.3) is 0 Å². The number of esters is 1. The highest BCUT2D eigenvalue weighted by Crippen LogP contribution is 2.32. The zero-order valence-electron chi connectivity index (χ0n) is 17.1. The normalized spacial score (nSPS) is 11.4. The molecule has 0 saturated carbocycles. The van der Waals surface area contributed by atoms with Crippen LogP contribution in [0.5, 0.6) is 5.75 Å². The minimum absolute atomic E-state index is 0.107. The molecule has 152 valence electrons. The largest absolute Gasteiger partial charge is 0.496 e. The molecule has 2 rings (SSSR count). The fraction of sp³-hybridized carbons (Fsp3) is 0.381. The molecule has 7 heteroatoms. The highest BCUT2D eigenvalue weighted by atomic mass is 32.2. The van der Waals surface area contributed by atoms with Crippen LogP contribution < -0.4 is 9.46 Å². The number of nitrogens with one attached hydrogen (secondary N) is 1. The third-order valence-electron chi connectivity index (χ3n) is 4.42. The average molecular weight is 406 g/mol. The Morgan fingerprint density at radius 3 is 2.32 bits per heavy atom. The second-order valence-electron chi connectivity index (χ2n) is 6.87. The number of carbonyl (C=O) groups is 1. The van der Waals surface area contributed by atoms with Crippen LogP contribution in [0.15, 0.2) is 35.2 Å². The summed E-state index contributed by atoms with van der Waals surface area (Å²) in [6.07, 6.45) is 0. The molecule has 0 amide bonds. The minimum Gasteiger partial charge on any atom is -0.496 e. The SMILES string of the molecule is CCOC(=O)c1ccc(NS(=O)(=O)c2cc(C(C)C)c(OC)cc2C)c(C)c1. The van der Waals surface area contributed by atoms with Gasteiger partial charge in [0, 0.05) is 0 Å². The first-order valence-electron chi connectivity index (χ1n) is 9.09. The Morgan fingerprint density at radius 1 is 1.11 bits per heavy atom. The summed E-state index contributed by atoms with van der Waals surface area (Å²) in [5, 5.41) is 0. The number of benzene rings is 2. The molecule has 0 aromatic heterocycles. The van der Waals surface area contributed by atoms with Gasteiger partial charge in [-0.05, 0) is 73.7 Å². The Morgan fingerprint density at radius 2 is 1.79 bits per heavy atom. The zero-order valence-corrected chi connectivity index (χ0v) is 17.9. The van der Waals surface area contributed by atoms with E-state index in [9.17, 15) is 13.2 Å².